The van der Waals surface area contributed by atoms with Crippen LogP contribution in [0.5, 0.6) is 0 Å². The van der Waals surface area contributed by atoms with E-state index in [9.17, 15) is 13.2 Å². The third kappa shape index (κ3) is 4.39. The molecule has 0 spiro atoms. The first-order valence-corrected chi connectivity index (χ1v) is 12.2. The predicted octanol–water partition coefficient (Wildman–Crippen LogP) is 4.50. The fourth-order valence-corrected chi connectivity index (χ4v) is 4.99. The van der Waals surface area contributed by atoms with E-state index in [-0.39, 0.29) is 17.0 Å². The van der Waals surface area contributed by atoms with Gasteiger partial charge in [-0.2, -0.15) is 0 Å². The Labute approximate surface area is 183 Å². The Morgan fingerprint density at radius 2 is 2.00 bits per heavy atom. The van der Waals surface area contributed by atoms with Crippen molar-refractivity contribution in [2.45, 2.75) is 30.2 Å². The molecule has 7 nitrogen and oxygen atoms in total. The van der Waals surface area contributed by atoms with Crippen LogP contribution in [0.3, 0.4) is 0 Å². The van der Waals surface area contributed by atoms with Crippen molar-refractivity contribution in [3.05, 3.63) is 76.3 Å². The molecule has 0 atom stereocenters. The molecule has 2 aromatic heterocycles. The predicted molar refractivity (Wildman–Crippen MR) is 119 cm³/mol. The van der Waals surface area contributed by atoms with Crippen molar-refractivity contribution < 1.29 is 17.6 Å². The van der Waals surface area contributed by atoms with Crippen LogP contribution in [0.2, 0.25) is 0 Å². The van der Waals surface area contributed by atoms with E-state index < -0.39 is 15.9 Å². The Kier molecular flexibility index (Phi) is 5.09. The Balaban J connectivity index is 1.32. The molecule has 158 valence electrons. The molecule has 2 N–H and O–H groups in total. The summed E-state index contributed by atoms with van der Waals surface area (Å²) in [6.07, 6.45) is 2.19. The largest absolute Gasteiger partial charge is 0.440 e. The van der Waals surface area contributed by atoms with Crippen molar-refractivity contribution in [1.82, 2.24) is 9.71 Å². The number of nitrogens with one attached hydrogen (secondary N) is 2. The zero-order valence-corrected chi connectivity index (χ0v) is 18.0. The summed E-state index contributed by atoms with van der Waals surface area (Å²) in [5.74, 6) is 0.746. The zero-order valence-electron chi connectivity index (χ0n) is 16.4. The van der Waals surface area contributed by atoms with Gasteiger partial charge < -0.3 is 9.73 Å². The van der Waals surface area contributed by atoms with Crippen molar-refractivity contribution in [2.75, 3.05) is 5.32 Å². The van der Waals surface area contributed by atoms with Crippen LogP contribution in [0, 0.1) is 0 Å². The molecule has 2 aromatic carbocycles. The molecule has 5 rings (SSSR count). The van der Waals surface area contributed by atoms with Gasteiger partial charge in [-0.1, -0.05) is 12.1 Å². The summed E-state index contributed by atoms with van der Waals surface area (Å²) in [7, 11) is -3.74. The number of sulfonamides is 1. The maximum Gasteiger partial charge on any atom is 0.255 e. The molecular formula is C22H19N3O4S2. The number of hydrogen-bond donors (Lipinski definition) is 2. The van der Waals surface area contributed by atoms with Crippen LogP contribution < -0.4 is 10.0 Å². The molecular weight excluding hydrogens is 434 g/mol. The van der Waals surface area contributed by atoms with Gasteiger partial charge >= 0.3 is 0 Å². The first kappa shape index (κ1) is 19.9. The van der Waals surface area contributed by atoms with Crippen molar-refractivity contribution in [3.63, 3.8) is 0 Å². The number of carbonyl (C=O) groups excluding carboxylic acids is 1. The maximum absolute atomic E-state index is 12.7. The lowest BCUT2D eigenvalue weighted by Gasteiger charge is -2.09. The first-order chi connectivity index (χ1) is 15.0. The molecule has 31 heavy (non-hydrogen) atoms. The number of aromatic nitrogens is 1. The van der Waals surface area contributed by atoms with Gasteiger partial charge in [-0.05, 0) is 60.7 Å². The number of anilines is 1. The van der Waals surface area contributed by atoms with Gasteiger partial charge in [0.25, 0.3) is 5.91 Å². The van der Waals surface area contributed by atoms with E-state index in [2.05, 4.69) is 15.0 Å². The third-order valence-electron chi connectivity index (χ3n) is 5.01. The van der Waals surface area contributed by atoms with Gasteiger partial charge in [0.05, 0.1) is 4.90 Å². The van der Waals surface area contributed by atoms with E-state index >= 15 is 0 Å². The number of amides is 1. The van der Waals surface area contributed by atoms with E-state index in [1.165, 1.54) is 23.5 Å². The molecule has 4 aromatic rings. The minimum atomic E-state index is -3.74. The fraction of sp³-hybridized carbons (Fsp3) is 0.182. The summed E-state index contributed by atoms with van der Waals surface area (Å²) in [6, 6.07) is 15.0. The Hall–Kier alpha value is -3.01. The van der Waals surface area contributed by atoms with Gasteiger partial charge in [-0.25, -0.2) is 18.1 Å². The lowest BCUT2D eigenvalue weighted by molar-refractivity contribution is 0.102. The quantitative estimate of drug-likeness (QED) is 0.429. The van der Waals surface area contributed by atoms with Crippen LogP contribution in [0.15, 0.2) is 69.3 Å². The van der Waals surface area contributed by atoms with Crippen LogP contribution >= 0.6 is 11.3 Å². The number of carbonyl (C=O) groups is 1. The topological polar surface area (TPSA) is 101 Å². The molecule has 9 heteroatoms. The molecule has 1 saturated carbocycles. The van der Waals surface area contributed by atoms with Crippen molar-refractivity contribution in [3.8, 4) is 0 Å². The van der Waals surface area contributed by atoms with Crippen LogP contribution in [-0.4, -0.2) is 19.3 Å². The van der Waals surface area contributed by atoms with Gasteiger partial charge in [0.1, 0.15) is 5.52 Å². The first-order valence-electron chi connectivity index (χ1n) is 9.82. The molecule has 0 bridgehead atoms. The summed E-state index contributed by atoms with van der Waals surface area (Å²) in [5.41, 5.74) is 2.19. The molecule has 0 radical (unpaired) electrons. The summed E-state index contributed by atoms with van der Waals surface area (Å²) >= 11 is 1.47. The van der Waals surface area contributed by atoms with E-state index in [0.717, 1.165) is 23.6 Å². The summed E-state index contributed by atoms with van der Waals surface area (Å²) < 4.78 is 33.5. The number of fused-ring (bicyclic) bond motifs is 1. The zero-order chi connectivity index (χ0) is 21.4. The van der Waals surface area contributed by atoms with Gasteiger partial charge in [0.2, 0.25) is 10.0 Å². The van der Waals surface area contributed by atoms with Crippen molar-refractivity contribution >= 4 is 44.1 Å². The lowest BCUT2D eigenvalue weighted by atomic mass is 10.2. The SMILES string of the molecule is O=C(Nc1ccc2oc(C3CC3)nc2c1)c1cccc(S(=O)(=O)NCc2cccs2)c1. The molecule has 1 fully saturated rings. The van der Waals surface area contributed by atoms with E-state index in [1.807, 2.05) is 17.5 Å². The summed E-state index contributed by atoms with van der Waals surface area (Å²) in [6.45, 7) is 0.205. The monoisotopic (exact) mass is 453 g/mol. The van der Waals surface area contributed by atoms with Crippen LogP contribution in [0.4, 0.5) is 5.69 Å². The van der Waals surface area contributed by atoms with Gasteiger partial charge in [-0.15, -0.1) is 11.3 Å². The fourth-order valence-electron chi connectivity index (χ4n) is 3.20. The normalized spacial score (nSPS) is 14.1. The van der Waals surface area contributed by atoms with E-state index in [0.29, 0.717) is 22.7 Å². The highest BCUT2D eigenvalue weighted by Gasteiger charge is 2.29. The maximum atomic E-state index is 12.7. The Morgan fingerprint density at radius 1 is 1.13 bits per heavy atom. The standard InChI is InChI=1S/C22H19N3O4S2/c26-21(24-16-8-9-20-19(12-16)25-22(29-20)14-6-7-14)15-3-1-5-18(11-15)31(27,28)23-13-17-4-2-10-30-17/h1-5,8-12,14,23H,6-7,13H2,(H,24,26). The van der Waals surface area contributed by atoms with Crippen molar-refractivity contribution in [1.29, 1.82) is 0 Å². The second-order valence-corrected chi connectivity index (χ2v) is 10.2. The molecule has 0 unspecified atom stereocenters. The van der Waals surface area contributed by atoms with Gasteiger partial charge in [0.15, 0.2) is 11.5 Å². The van der Waals surface area contributed by atoms with E-state index in [4.69, 9.17) is 4.42 Å². The smallest absolute Gasteiger partial charge is 0.255 e. The average Bonchev–Trinajstić information content (AvgIpc) is 3.32. The van der Waals surface area contributed by atoms with E-state index in [1.54, 1.807) is 30.3 Å². The second kappa shape index (κ2) is 7.92. The summed E-state index contributed by atoms with van der Waals surface area (Å²) in [4.78, 5) is 18.2. The summed E-state index contributed by atoms with van der Waals surface area (Å²) in [5, 5.41) is 4.69. The molecule has 0 aliphatic heterocycles. The number of nitrogens with zero attached hydrogens (tertiary/aromatic N) is 1. The minimum Gasteiger partial charge on any atom is -0.440 e. The van der Waals surface area contributed by atoms with Gasteiger partial charge in [-0.3, -0.25) is 4.79 Å². The number of benzene rings is 2. The minimum absolute atomic E-state index is 0.0396. The highest BCUT2D eigenvalue weighted by Crippen LogP contribution is 2.40. The van der Waals surface area contributed by atoms with Crippen LogP contribution in [-0.2, 0) is 16.6 Å². The molecule has 1 aliphatic rings. The number of thiophene rings is 1. The number of rotatable bonds is 7. The lowest BCUT2D eigenvalue weighted by Crippen LogP contribution is -2.23. The Bertz CT molecular complexity index is 1360. The number of hydrogen-bond acceptors (Lipinski definition) is 6. The third-order valence-corrected chi connectivity index (χ3v) is 7.29. The average molecular weight is 454 g/mol. The molecule has 1 amide bonds. The van der Waals surface area contributed by atoms with Crippen LogP contribution in [0.25, 0.3) is 11.1 Å². The van der Waals surface area contributed by atoms with Crippen LogP contribution in [0.1, 0.15) is 39.9 Å². The molecule has 1 aliphatic carbocycles. The second-order valence-electron chi connectivity index (χ2n) is 7.39. The highest BCUT2D eigenvalue weighted by molar-refractivity contribution is 7.89. The molecule has 2 heterocycles. The Morgan fingerprint density at radius 3 is 2.77 bits per heavy atom. The number of oxazole rings is 1. The van der Waals surface area contributed by atoms with Crippen molar-refractivity contribution in [2.24, 2.45) is 0 Å². The molecule has 0 saturated heterocycles. The van der Waals surface area contributed by atoms with Gasteiger partial charge in [0, 0.05) is 28.6 Å². The highest BCUT2D eigenvalue weighted by atomic mass is 32.2.